The first-order valence-electron chi connectivity index (χ1n) is 2.46. The fourth-order valence-electron chi connectivity index (χ4n) is 0.318. The summed E-state index contributed by atoms with van der Waals surface area (Å²) >= 11 is 0. The predicted molar refractivity (Wildman–Crippen MR) is 30.0 cm³/mol. The first kappa shape index (κ1) is 9.51. The molecule has 0 fully saturated rings. The third-order valence-corrected chi connectivity index (χ3v) is 0.846. The summed E-state index contributed by atoms with van der Waals surface area (Å²) in [7, 11) is -2.04. The SMILES string of the molecule is C/C(=C\B(O)O)C(F)(F)F. The van der Waals surface area contributed by atoms with E-state index in [1.807, 2.05) is 0 Å². The minimum absolute atomic E-state index is 0.319. The zero-order chi connectivity index (χ0) is 8.36. The van der Waals surface area contributed by atoms with Gasteiger partial charge < -0.3 is 10.0 Å². The van der Waals surface area contributed by atoms with Gasteiger partial charge in [-0.3, -0.25) is 0 Å². The summed E-state index contributed by atoms with van der Waals surface area (Å²) in [6, 6.07) is 0. The van der Waals surface area contributed by atoms with Crippen LogP contribution in [0, 0.1) is 0 Å². The smallest absolute Gasteiger partial charge is 0.424 e. The second kappa shape index (κ2) is 3.07. The minimum Gasteiger partial charge on any atom is -0.424 e. The van der Waals surface area contributed by atoms with Crippen LogP contribution in [0.25, 0.3) is 0 Å². The van der Waals surface area contributed by atoms with E-state index in [2.05, 4.69) is 0 Å². The van der Waals surface area contributed by atoms with Crippen molar-refractivity contribution in [2.45, 2.75) is 13.1 Å². The Kier molecular flexibility index (Phi) is 2.92. The zero-order valence-corrected chi connectivity index (χ0v) is 5.18. The number of hydrogen-bond donors (Lipinski definition) is 2. The van der Waals surface area contributed by atoms with Crippen molar-refractivity contribution in [3.63, 3.8) is 0 Å². The summed E-state index contributed by atoms with van der Waals surface area (Å²) in [5, 5.41) is 16.1. The number of allylic oxidation sites excluding steroid dienone is 1. The summed E-state index contributed by atoms with van der Waals surface area (Å²) in [5.74, 6) is 0.319. The summed E-state index contributed by atoms with van der Waals surface area (Å²) in [6.07, 6.45) is -4.47. The van der Waals surface area contributed by atoms with E-state index < -0.39 is 18.9 Å². The molecule has 0 rings (SSSR count). The van der Waals surface area contributed by atoms with Crippen molar-refractivity contribution in [2.24, 2.45) is 0 Å². The van der Waals surface area contributed by atoms with Crippen molar-refractivity contribution in [3.8, 4) is 0 Å². The second-order valence-electron chi connectivity index (χ2n) is 1.76. The molecule has 0 saturated heterocycles. The van der Waals surface area contributed by atoms with Crippen LogP contribution in [0.3, 0.4) is 0 Å². The van der Waals surface area contributed by atoms with Gasteiger partial charge in [0.15, 0.2) is 0 Å². The largest absolute Gasteiger partial charge is 0.480 e. The van der Waals surface area contributed by atoms with Crippen LogP contribution in [0.4, 0.5) is 13.2 Å². The molecule has 0 unspecified atom stereocenters. The van der Waals surface area contributed by atoms with Crippen LogP contribution in [0.5, 0.6) is 0 Å². The van der Waals surface area contributed by atoms with Gasteiger partial charge in [0.25, 0.3) is 0 Å². The maximum absolute atomic E-state index is 11.5. The third-order valence-electron chi connectivity index (χ3n) is 0.846. The molecule has 2 nitrogen and oxygen atoms in total. The molecule has 0 aromatic carbocycles. The Morgan fingerprint density at radius 2 is 1.80 bits per heavy atom. The molecule has 0 radical (unpaired) electrons. The maximum Gasteiger partial charge on any atom is 0.480 e. The molecule has 2 N–H and O–H groups in total. The van der Waals surface area contributed by atoms with Crippen LogP contribution in [0.1, 0.15) is 6.92 Å². The highest BCUT2D eigenvalue weighted by Gasteiger charge is 2.30. The van der Waals surface area contributed by atoms with Gasteiger partial charge in [-0.25, -0.2) is 0 Å². The van der Waals surface area contributed by atoms with Crippen molar-refractivity contribution >= 4 is 7.12 Å². The molecule has 0 atom stereocenters. The molecular formula is C4H6BF3O2. The van der Waals surface area contributed by atoms with Crippen LogP contribution in [0.2, 0.25) is 0 Å². The van der Waals surface area contributed by atoms with E-state index in [4.69, 9.17) is 10.0 Å². The first-order valence-corrected chi connectivity index (χ1v) is 2.46. The van der Waals surface area contributed by atoms with Crippen molar-refractivity contribution in [1.82, 2.24) is 0 Å². The van der Waals surface area contributed by atoms with Gasteiger partial charge in [-0.15, -0.1) is 0 Å². The molecule has 0 saturated carbocycles. The van der Waals surface area contributed by atoms with Crippen molar-refractivity contribution in [1.29, 1.82) is 0 Å². The summed E-state index contributed by atoms with van der Waals surface area (Å²) in [5.41, 5.74) is -1.01. The van der Waals surface area contributed by atoms with E-state index in [-0.39, 0.29) is 0 Å². The molecule has 6 heteroatoms. The number of halogens is 3. The van der Waals surface area contributed by atoms with E-state index in [9.17, 15) is 13.2 Å². The highest BCUT2D eigenvalue weighted by atomic mass is 19.4. The Bertz CT molecular complexity index is 140. The second-order valence-corrected chi connectivity index (χ2v) is 1.76. The van der Waals surface area contributed by atoms with E-state index in [1.165, 1.54) is 0 Å². The topological polar surface area (TPSA) is 40.5 Å². The van der Waals surface area contributed by atoms with Crippen LogP contribution >= 0.6 is 0 Å². The summed E-state index contributed by atoms with van der Waals surface area (Å²) in [6.45, 7) is 0.763. The lowest BCUT2D eigenvalue weighted by atomic mass is 9.89. The summed E-state index contributed by atoms with van der Waals surface area (Å²) < 4.78 is 34.6. The Hall–Kier alpha value is -0.485. The monoisotopic (exact) mass is 154 g/mol. The van der Waals surface area contributed by atoms with E-state index >= 15 is 0 Å². The average Bonchev–Trinajstić information content (AvgIpc) is 1.60. The van der Waals surface area contributed by atoms with E-state index in [1.54, 1.807) is 0 Å². The first-order chi connectivity index (χ1) is 4.34. The highest BCUT2D eigenvalue weighted by molar-refractivity contribution is 6.47. The van der Waals surface area contributed by atoms with Gasteiger partial charge in [0.1, 0.15) is 0 Å². The van der Waals surface area contributed by atoms with E-state index in [0.29, 0.717) is 5.98 Å². The molecule has 0 aliphatic rings. The molecule has 0 heterocycles. The van der Waals surface area contributed by atoms with Gasteiger partial charge in [0.2, 0.25) is 0 Å². The van der Waals surface area contributed by atoms with Crippen molar-refractivity contribution in [3.05, 3.63) is 11.5 Å². The Morgan fingerprint density at radius 3 is 1.90 bits per heavy atom. The lowest BCUT2D eigenvalue weighted by molar-refractivity contribution is -0.0913. The van der Waals surface area contributed by atoms with E-state index in [0.717, 1.165) is 6.92 Å². The normalized spacial score (nSPS) is 13.6. The Morgan fingerprint density at radius 1 is 1.40 bits per heavy atom. The van der Waals surface area contributed by atoms with Gasteiger partial charge >= 0.3 is 13.3 Å². The highest BCUT2D eigenvalue weighted by Crippen LogP contribution is 2.24. The van der Waals surface area contributed by atoms with Gasteiger partial charge in [0, 0.05) is 5.57 Å². The predicted octanol–water partition coefficient (Wildman–Crippen LogP) is 0.507. The van der Waals surface area contributed by atoms with Crippen molar-refractivity contribution in [2.75, 3.05) is 0 Å². The van der Waals surface area contributed by atoms with Crippen LogP contribution in [-0.2, 0) is 0 Å². The lowest BCUT2D eigenvalue weighted by Crippen LogP contribution is -2.15. The molecule has 58 valence electrons. The quantitative estimate of drug-likeness (QED) is 0.540. The number of rotatable bonds is 1. The minimum atomic E-state index is -4.47. The zero-order valence-electron chi connectivity index (χ0n) is 5.18. The standard InChI is InChI=1S/C4H6BF3O2/c1-3(2-5(9)10)4(6,7)8/h2,9-10H,1H3/b3-2+. The fraction of sp³-hybridized carbons (Fsp3) is 0.500. The fourth-order valence-corrected chi connectivity index (χ4v) is 0.318. The lowest BCUT2D eigenvalue weighted by Gasteiger charge is -2.04. The van der Waals surface area contributed by atoms with Crippen LogP contribution < -0.4 is 0 Å². The maximum atomic E-state index is 11.5. The molecule has 0 aliphatic carbocycles. The van der Waals surface area contributed by atoms with Gasteiger partial charge in [-0.1, -0.05) is 0 Å². The van der Waals surface area contributed by atoms with Crippen LogP contribution in [-0.4, -0.2) is 23.3 Å². The number of alkyl halides is 3. The Labute approximate surface area is 56.1 Å². The molecule has 0 aromatic heterocycles. The molecule has 10 heavy (non-hydrogen) atoms. The molecular weight excluding hydrogens is 148 g/mol. The number of hydrogen-bond acceptors (Lipinski definition) is 2. The average molecular weight is 154 g/mol. The van der Waals surface area contributed by atoms with Crippen molar-refractivity contribution < 1.29 is 23.2 Å². The molecule has 0 spiro atoms. The van der Waals surface area contributed by atoms with Gasteiger partial charge in [0.05, 0.1) is 0 Å². The van der Waals surface area contributed by atoms with Crippen LogP contribution in [0.15, 0.2) is 11.5 Å². The Balaban J connectivity index is 4.20. The molecule has 0 aliphatic heterocycles. The molecule has 0 bridgehead atoms. The molecule has 0 aromatic rings. The van der Waals surface area contributed by atoms with Gasteiger partial charge in [-0.05, 0) is 12.9 Å². The van der Waals surface area contributed by atoms with Gasteiger partial charge in [-0.2, -0.15) is 13.2 Å². The third kappa shape index (κ3) is 3.52. The summed E-state index contributed by atoms with van der Waals surface area (Å²) in [4.78, 5) is 0. The molecule has 0 amide bonds.